The van der Waals surface area contributed by atoms with E-state index < -0.39 is 4.92 Å². The summed E-state index contributed by atoms with van der Waals surface area (Å²) in [7, 11) is 0. The summed E-state index contributed by atoms with van der Waals surface area (Å²) in [6.45, 7) is 4.20. The van der Waals surface area contributed by atoms with Crippen molar-refractivity contribution in [3.63, 3.8) is 0 Å². The fraction of sp³-hybridized carbons (Fsp3) is 0.158. The minimum atomic E-state index is -0.473. The van der Waals surface area contributed by atoms with Crippen molar-refractivity contribution in [1.29, 1.82) is 0 Å². The zero-order valence-corrected chi connectivity index (χ0v) is 15.1. The lowest BCUT2D eigenvalue weighted by Gasteiger charge is -2.15. The summed E-state index contributed by atoms with van der Waals surface area (Å²) < 4.78 is 0. The molecule has 7 heteroatoms. The number of nitro groups is 1. The standard InChI is InChI=1S/C19H17N3O3S/c1-12(2)14-6-8-15(9-7-14)21-18(23)17(20-19(21)26)11-13-4-3-5-16(10-13)22(24)25/h3-12H,1-2H3,(H,20,26)/b17-11+. The Hall–Kier alpha value is -3.06. The molecule has 0 bridgehead atoms. The minimum Gasteiger partial charge on any atom is -0.327 e. The maximum Gasteiger partial charge on any atom is 0.281 e. The summed E-state index contributed by atoms with van der Waals surface area (Å²) in [5.74, 6) is 0.103. The molecule has 1 N–H and O–H groups in total. The Morgan fingerprint density at radius 2 is 1.88 bits per heavy atom. The van der Waals surface area contributed by atoms with E-state index in [1.165, 1.54) is 22.6 Å². The molecule has 1 saturated heterocycles. The van der Waals surface area contributed by atoms with Crippen molar-refractivity contribution in [2.75, 3.05) is 4.90 Å². The molecule has 0 unspecified atom stereocenters. The van der Waals surface area contributed by atoms with Crippen molar-refractivity contribution in [2.24, 2.45) is 0 Å². The summed E-state index contributed by atoms with van der Waals surface area (Å²) in [5, 5.41) is 14.1. The van der Waals surface area contributed by atoms with Crippen LogP contribution in [0.4, 0.5) is 11.4 Å². The van der Waals surface area contributed by atoms with Gasteiger partial charge >= 0.3 is 0 Å². The molecular formula is C19H17N3O3S. The highest BCUT2D eigenvalue weighted by Gasteiger charge is 2.32. The number of benzene rings is 2. The number of hydrogen-bond donors (Lipinski definition) is 1. The molecule has 1 fully saturated rings. The first-order valence-corrected chi connectivity index (χ1v) is 8.49. The monoisotopic (exact) mass is 367 g/mol. The number of nitrogens with zero attached hydrogens (tertiary/aromatic N) is 2. The number of carbonyl (C=O) groups is 1. The summed E-state index contributed by atoms with van der Waals surface area (Å²) in [4.78, 5) is 24.6. The van der Waals surface area contributed by atoms with Gasteiger partial charge in [0, 0.05) is 12.1 Å². The molecule has 0 aliphatic carbocycles. The van der Waals surface area contributed by atoms with Crippen LogP contribution >= 0.6 is 12.2 Å². The quantitative estimate of drug-likeness (QED) is 0.383. The van der Waals surface area contributed by atoms with E-state index in [2.05, 4.69) is 19.2 Å². The molecule has 2 aromatic rings. The van der Waals surface area contributed by atoms with E-state index in [-0.39, 0.29) is 22.4 Å². The number of anilines is 1. The second-order valence-electron chi connectivity index (χ2n) is 6.23. The fourth-order valence-electron chi connectivity index (χ4n) is 2.67. The third-order valence-electron chi connectivity index (χ3n) is 4.09. The molecule has 132 valence electrons. The van der Waals surface area contributed by atoms with Gasteiger partial charge in [-0.1, -0.05) is 38.1 Å². The van der Waals surface area contributed by atoms with Gasteiger partial charge in [-0.2, -0.15) is 0 Å². The Bertz CT molecular complexity index is 920. The number of nitrogens with one attached hydrogen (secondary N) is 1. The molecule has 1 aliphatic heterocycles. The van der Waals surface area contributed by atoms with Crippen LogP contribution in [0.3, 0.4) is 0 Å². The molecule has 0 saturated carbocycles. The van der Waals surface area contributed by atoms with Gasteiger partial charge in [0.25, 0.3) is 11.6 Å². The normalized spacial score (nSPS) is 15.7. The smallest absolute Gasteiger partial charge is 0.281 e. The van der Waals surface area contributed by atoms with Gasteiger partial charge in [-0.25, -0.2) is 0 Å². The molecule has 0 atom stereocenters. The van der Waals surface area contributed by atoms with E-state index in [1.54, 1.807) is 18.2 Å². The highest BCUT2D eigenvalue weighted by molar-refractivity contribution is 7.80. The van der Waals surface area contributed by atoms with E-state index in [4.69, 9.17) is 12.2 Å². The zero-order valence-electron chi connectivity index (χ0n) is 14.3. The van der Waals surface area contributed by atoms with Gasteiger partial charge in [-0.05, 0) is 47.5 Å². The summed E-state index contributed by atoms with van der Waals surface area (Å²) in [5.41, 5.74) is 2.65. The van der Waals surface area contributed by atoms with Crippen molar-refractivity contribution in [3.05, 3.63) is 75.5 Å². The third kappa shape index (κ3) is 3.48. The van der Waals surface area contributed by atoms with Crippen LogP contribution < -0.4 is 10.2 Å². The number of hydrogen-bond acceptors (Lipinski definition) is 4. The molecule has 3 rings (SSSR count). The molecule has 0 aromatic heterocycles. The zero-order chi connectivity index (χ0) is 18.8. The van der Waals surface area contributed by atoms with Crippen LogP contribution in [-0.2, 0) is 4.79 Å². The Balaban J connectivity index is 1.89. The number of amides is 1. The SMILES string of the molecule is CC(C)c1ccc(N2C(=O)/C(=C\c3cccc([N+](=O)[O-])c3)NC2=S)cc1. The van der Waals surface area contributed by atoms with Crippen molar-refractivity contribution >= 4 is 40.7 Å². The van der Waals surface area contributed by atoms with Crippen LogP contribution in [0, 0.1) is 10.1 Å². The van der Waals surface area contributed by atoms with Crippen molar-refractivity contribution in [2.45, 2.75) is 19.8 Å². The highest BCUT2D eigenvalue weighted by Crippen LogP contribution is 2.25. The lowest BCUT2D eigenvalue weighted by molar-refractivity contribution is -0.384. The van der Waals surface area contributed by atoms with Crippen LogP contribution in [0.25, 0.3) is 6.08 Å². The number of rotatable bonds is 4. The van der Waals surface area contributed by atoms with E-state index in [0.29, 0.717) is 17.2 Å². The molecule has 1 heterocycles. The average molecular weight is 367 g/mol. The largest absolute Gasteiger partial charge is 0.327 e. The Labute approximate surface area is 156 Å². The Morgan fingerprint density at radius 1 is 1.19 bits per heavy atom. The molecule has 1 amide bonds. The van der Waals surface area contributed by atoms with E-state index >= 15 is 0 Å². The molecular weight excluding hydrogens is 350 g/mol. The van der Waals surface area contributed by atoms with Gasteiger partial charge in [0.2, 0.25) is 0 Å². The molecule has 0 spiro atoms. The van der Waals surface area contributed by atoms with Crippen LogP contribution in [0.1, 0.15) is 30.9 Å². The Morgan fingerprint density at radius 3 is 2.50 bits per heavy atom. The van der Waals surface area contributed by atoms with Gasteiger partial charge in [-0.3, -0.25) is 19.8 Å². The van der Waals surface area contributed by atoms with Crippen molar-refractivity contribution < 1.29 is 9.72 Å². The van der Waals surface area contributed by atoms with Gasteiger partial charge in [0.15, 0.2) is 5.11 Å². The lowest BCUT2D eigenvalue weighted by Crippen LogP contribution is -2.30. The summed E-state index contributed by atoms with van der Waals surface area (Å²) >= 11 is 5.29. The highest BCUT2D eigenvalue weighted by atomic mass is 32.1. The molecule has 2 aromatic carbocycles. The Kier molecular flexibility index (Phi) is 4.81. The topological polar surface area (TPSA) is 75.5 Å². The number of carbonyl (C=O) groups excluding carboxylic acids is 1. The molecule has 0 radical (unpaired) electrons. The number of nitro benzene ring substituents is 1. The van der Waals surface area contributed by atoms with E-state index in [0.717, 1.165) is 0 Å². The van der Waals surface area contributed by atoms with Crippen LogP contribution in [0.5, 0.6) is 0 Å². The first-order chi connectivity index (χ1) is 12.4. The van der Waals surface area contributed by atoms with Crippen molar-refractivity contribution in [3.8, 4) is 0 Å². The predicted octanol–water partition coefficient (Wildman–Crippen LogP) is 3.98. The maximum atomic E-state index is 12.7. The number of thiocarbonyl (C=S) groups is 1. The summed E-state index contributed by atoms with van der Waals surface area (Å²) in [6, 6.07) is 13.7. The van der Waals surface area contributed by atoms with E-state index in [1.807, 2.05) is 24.3 Å². The van der Waals surface area contributed by atoms with Gasteiger partial charge in [0.05, 0.1) is 10.6 Å². The first kappa shape index (κ1) is 17.8. The van der Waals surface area contributed by atoms with Crippen LogP contribution in [0.15, 0.2) is 54.2 Å². The maximum absolute atomic E-state index is 12.7. The van der Waals surface area contributed by atoms with Gasteiger partial charge < -0.3 is 5.32 Å². The first-order valence-electron chi connectivity index (χ1n) is 8.08. The molecule has 6 nitrogen and oxygen atoms in total. The van der Waals surface area contributed by atoms with Crippen LogP contribution in [-0.4, -0.2) is 15.9 Å². The molecule has 26 heavy (non-hydrogen) atoms. The lowest BCUT2D eigenvalue weighted by atomic mass is 10.0. The van der Waals surface area contributed by atoms with Gasteiger partial charge in [-0.15, -0.1) is 0 Å². The van der Waals surface area contributed by atoms with Crippen LogP contribution in [0.2, 0.25) is 0 Å². The average Bonchev–Trinajstić information content (AvgIpc) is 2.89. The molecule has 1 aliphatic rings. The number of non-ortho nitro benzene ring substituents is 1. The summed E-state index contributed by atoms with van der Waals surface area (Å²) in [6.07, 6.45) is 1.56. The van der Waals surface area contributed by atoms with E-state index in [9.17, 15) is 14.9 Å². The second kappa shape index (κ2) is 7.05. The second-order valence-corrected chi connectivity index (χ2v) is 6.61. The minimum absolute atomic E-state index is 0.0338. The predicted molar refractivity (Wildman–Crippen MR) is 105 cm³/mol. The van der Waals surface area contributed by atoms with Crippen molar-refractivity contribution in [1.82, 2.24) is 5.32 Å². The fourth-order valence-corrected chi connectivity index (χ4v) is 2.97. The van der Waals surface area contributed by atoms with Gasteiger partial charge in [0.1, 0.15) is 5.70 Å². The third-order valence-corrected chi connectivity index (χ3v) is 4.37.